The highest BCUT2D eigenvalue weighted by molar-refractivity contribution is 7.22. The number of aromatic nitrogens is 1. The minimum atomic E-state index is -0.404. The largest absolute Gasteiger partial charge is 0.497 e. The number of imide groups is 1. The van der Waals surface area contributed by atoms with Crippen LogP contribution in [0.5, 0.6) is 5.75 Å². The molecule has 22 heavy (non-hydrogen) atoms. The summed E-state index contributed by atoms with van der Waals surface area (Å²) in [4.78, 5) is 30.7. The lowest BCUT2D eigenvalue weighted by Crippen LogP contribution is -2.30. The smallest absolute Gasteiger partial charge is 0.243 e. The van der Waals surface area contributed by atoms with E-state index < -0.39 is 11.8 Å². The Labute approximate surface area is 130 Å². The standard InChI is InChI=1S/C16H12N2O3S/c1-21-9-6-7-12-13(8-9)22-16(17-12)18-14(19)10-4-2-3-5-11(10)15(18)20/h2-8,10-11H,1H3. The van der Waals surface area contributed by atoms with Crippen molar-refractivity contribution in [3.63, 3.8) is 0 Å². The molecule has 2 unspecified atom stereocenters. The van der Waals surface area contributed by atoms with Gasteiger partial charge in [0.15, 0.2) is 5.13 Å². The van der Waals surface area contributed by atoms with E-state index >= 15 is 0 Å². The molecule has 0 spiro atoms. The molecule has 2 aromatic rings. The lowest BCUT2D eigenvalue weighted by Gasteiger charge is -2.09. The van der Waals surface area contributed by atoms with Gasteiger partial charge in [-0.05, 0) is 18.2 Å². The van der Waals surface area contributed by atoms with Gasteiger partial charge in [0.2, 0.25) is 11.8 Å². The van der Waals surface area contributed by atoms with E-state index in [-0.39, 0.29) is 11.8 Å². The van der Waals surface area contributed by atoms with E-state index in [0.717, 1.165) is 16.0 Å². The van der Waals surface area contributed by atoms with Gasteiger partial charge in [0.1, 0.15) is 5.75 Å². The molecule has 0 N–H and O–H groups in total. The lowest BCUT2D eigenvalue weighted by atomic mass is 9.91. The Balaban J connectivity index is 1.78. The average molecular weight is 312 g/mol. The minimum absolute atomic E-state index is 0.207. The van der Waals surface area contributed by atoms with Crippen LogP contribution in [0.3, 0.4) is 0 Å². The molecular formula is C16H12N2O3S. The van der Waals surface area contributed by atoms with E-state index in [1.54, 1.807) is 31.4 Å². The van der Waals surface area contributed by atoms with Crippen molar-refractivity contribution >= 4 is 38.5 Å². The number of amides is 2. The Morgan fingerprint density at radius 1 is 1.14 bits per heavy atom. The van der Waals surface area contributed by atoms with Gasteiger partial charge in [0.05, 0.1) is 29.2 Å². The molecule has 5 nitrogen and oxygen atoms in total. The third-order valence-electron chi connectivity index (χ3n) is 3.92. The first kappa shape index (κ1) is 13.2. The fraction of sp³-hybridized carbons (Fsp3) is 0.188. The maximum Gasteiger partial charge on any atom is 0.243 e. The van der Waals surface area contributed by atoms with E-state index in [1.807, 2.05) is 18.2 Å². The van der Waals surface area contributed by atoms with Crippen molar-refractivity contribution in [2.75, 3.05) is 12.0 Å². The number of nitrogens with zero attached hydrogens (tertiary/aromatic N) is 2. The number of thiazole rings is 1. The summed E-state index contributed by atoms with van der Waals surface area (Å²) in [5.74, 6) is -0.498. The van der Waals surface area contributed by atoms with Crippen molar-refractivity contribution in [3.8, 4) is 5.75 Å². The van der Waals surface area contributed by atoms with Gasteiger partial charge in [-0.3, -0.25) is 9.59 Å². The predicted octanol–water partition coefficient (Wildman–Crippen LogP) is 2.54. The fourth-order valence-electron chi connectivity index (χ4n) is 2.79. The van der Waals surface area contributed by atoms with Crippen molar-refractivity contribution in [2.45, 2.75) is 0 Å². The molecule has 1 aliphatic carbocycles. The zero-order valence-electron chi connectivity index (χ0n) is 11.7. The monoisotopic (exact) mass is 312 g/mol. The molecular weight excluding hydrogens is 300 g/mol. The van der Waals surface area contributed by atoms with Gasteiger partial charge >= 0.3 is 0 Å². The molecule has 2 aliphatic rings. The summed E-state index contributed by atoms with van der Waals surface area (Å²) in [7, 11) is 1.60. The van der Waals surface area contributed by atoms with E-state index in [2.05, 4.69) is 4.98 Å². The van der Waals surface area contributed by atoms with Crippen LogP contribution in [0.2, 0.25) is 0 Å². The van der Waals surface area contributed by atoms with Gasteiger partial charge in [-0.15, -0.1) is 0 Å². The number of benzene rings is 1. The summed E-state index contributed by atoms with van der Waals surface area (Å²) in [6.07, 6.45) is 7.17. The summed E-state index contributed by atoms with van der Waals surface area (Å²) >= 11 is 1.32. The van der Waals surface area contributed by atoms with E-state index in [1.165, 1.54) is 16.2 Å². The van der Waals surface area contributed by atoms with Crippen molar-refractivity contribution in [3.05, 3.63) is 42.5 Å². The van der Waals surface area contributed by atoms with Gasteiger partial charge in [-0.1, -0.05) is 35.6 Å². The minimum Gasteiger partial charge on any atom is -0.497 e. The van der Waals surface area contributed by atoms with Gasteiger partial charge < -0.3 is 4.74 Å². The molecule has 6 heteroatoms. The molecule has 2 amide bonds. The van der Waals surface area contributed by atoms with Crippen LogP contribution in [0.4, 0.5) is 5.13 Å². The van der Waals surface area contributed by atoms with Crippen LogP contribution in [0.25, 0.3) is 10.2 Å². The maximum absolute atomic E-state index is 12.5. The highest BCUT2D eigenvalue weighted by Crippen LogP contribution is 2.38. The molecule has 4 rings (SSSR count). The number of anilines is 1. The Kier molecular flexibility index (Phi) is 2.87. The maximum atomic E-state index is 12.5. The number of hydrogen-bond donors (Lipinski definition) is 0. The Hall–Kier alpha value is -2.47. The predicted molar refractivity (Wildman–Crippen MR) is 83.9 cm³/mol. The summed E-state index contributed by atoms with van der Waals surface area (Å²) in [6.45, 7) is 0. The van der Waals surface area contributed by atoms with Crippen LogP contribution in [-0.2, 0) is 9.59 Å². The Bertz CT molecular complexity index is 822. The van der Waals surface area contributed by atoms with Crippen molar-refractivity contribution in [1.29, 1.82) is 0 Å². The van der Waals surface area contributed by atoms with E-state index in [0.29, 0.717) is 5.13 Å². The fourth-order valence-corrected chi connectivity index (χ4v) is 3.79. The quantitative estimate of drug-likeness (QED) is 0.800. The van der Waals surface area contributed by atoms with Crippen molar-refractivity contribution < 1.29 is 14.3 Å². The van der Waals surface area contributed by atoms with Crippen LogP contribution in [0.1, 0.15) is 0 Å². The number of methoxy groups -OCH3 is 1. The number of carbonyl (C=O) groups excluding carboxylic acids is 2. The first-order valence-electron chi connectivity index (χ1n) is 6.86. The normalized spacial score (nSPS) is 23.4. The zero-order valence-corrected chi connectivity index (χ0v) is 12.5. The second-order valence-corrected chi connectivity index (χ2v) is 6.17. The van der Waals surface area contributed by atoms with Gasteiger partial charge in [0, 0.05) is 0 Å². The van der Waals surface area contributed by atoms with Crippen LogP contribution < -0.4 is 9.64 Å². The topological polar surface area (TPSA) is 59.5 Å². The molecule has 0 saturated carbocycles. The van der Waals surface area contributed by atoms with Crippen molar-refractivity contribution in [1.82, 2.24) is 4.98 Å². The third-order valence-corrected chi connectivity index (χ3v) is 4.92. The molecule has 110 valence electrons. The van der Waals surface area contributed by atoms with E-state index in [9.17, 15) is 9.59 Å². The summed E-state index contributed by atoms with van der Waals surface area (Å²) < 4.78 is 6.07. The molecule has 1 aliphatic heterocycles. The number of fused-ring (bicyclic) bond motifs is 2. The molecule has 2 atom stereocenters. The first-order chi connectivity index (χ1) is 10.7. The van der Waals surface area contributed by atoms with Crippen molar-refractivity contribution in [2.24, 2.45) is 11.8 Å². The highest BCUT2D eigenvalue weighted by atomic mass is 32.1. The number of hydrogen-bond acceptors (Lipinski definition) is 5. The third kappa shape index (κ3) is 1.80. The number of ether oxygens (including phenoxy) is 1. The number of allylic oxidation sites excluding steroid dienone is 2. The van der Waals surface area contributed by atoms with Crippen LogP contribution in [0.15, 0.2) is 42.5 Å². The average Bonchev–Trinajstić information content (AvgIpc) is 3.06. The molecule has 0 bridgehead atoms. The summed E-state index contributed by atoms with van der Waals surface area (Å²) in [5.41, 5.74) is 0.752. The Morgan fingerprint density at radius 3 is 2.45 bits per heavy atom. The molecule has 1 aromatic heterocycles. The molecule has 2 heterocycles. The van der Waals surface area contributed by atoms with Gasteiger partial charge in [0.25, 0.3) is 0 Å². The highest BCUT2D eigenvalue weighted by Gasteiger charge is 2.47. The van der Waals surface area contributed by atoms with Crippen LogP contribution >= 0.6 is 11.3 Å². The number of rotatable bonds is 2. The zero-order chi connectivity index (χ0) is 15.3. The SMILES string of the molecule is COc1ccc2nc(N3C(=O)C4C=CC=CC4C3=O)sc2c1. The first-order valence-corrected chi connectivity index (χ1v) is 7.68. The van der Waals surface area contributed by atoms with E-state index in [4.69, 9.17) is 4.74 Å². The molecule has 0 radical (unpaired) electrons. The Morgan fingerprint density at radius 2 is 1.82 bits per heavy atom. The molecule has 1 saturated heterocycles. The van der Waals surface area contributed by atoms with Crippen LogP contribution in [0, 0.1) is 11.8 Å². The number of carbonyl (C=O) groups is 2. The molecule has 1 fully saturated rings. The second-order valence-electron chi connectivity index (χ2n) is 5.16. The van der Waals surface area contributed by atoms with Gasteiger partial charge in [-0.2, -0.15) is 0 Å². The summed E-state index contributed by atoms with van der Waals surface area (Å²) in [5, 5.41) is 0.425. The van der Waals surface area contributed by atoms with Gasteiger partial charge in [-0.25, -0.2) is 9.88 Å². The second kappa shape index (κ2) is 4.78. The summed E-state index contributed by atoms with van der Waals surface area (Å²) in [6, 6.07) is 5.49. The lowest BCUT2D eigenvalue weighted by molar-refractivity contribution is -0.122. The van der Waals surface area contributed by atoms with Crippen LogP contribution in [-0.4, -0.2) is 23.9 Å². The molecule has 1 aromatic carbocycles.